The van der Waals surface area contributed by atoms with E-state index in [0.29, 0.717) is 13.0 Å². The Balaban J connectivity index is 2.23. The first-order chi connectivity index (χ1) is 7.87. The molecule has 1 aliphatic heterocycles. The molecule has 1 unspecified atom stereocenters. The normalized spacial score (nSPS) is 24.0. The number of likely N-dealkylation sites (tertiary alicyclic amines) is 1. The molecule has 0 aromatic carbocycles. The maximum absolute atomic E-state index is 12.0. The van der Waals surface area contributed by atoms with E-state index in [1.807, 2.05) is 0 Å². The van der Waals surface area contributed by atoms with Gasteiger partial charge in [0.15, 0.2) is 5.88 Å². The summed E-state index contributed by atoms with van der Waals surface area (Å²) in [6.07, 6.45) is 0.508. The fourth-order valence-electron chi connectivity index (χ4n) is 1.95. The van der Waals surface area contributed by atoms with Crippen LogP contribution in [-0.4, -0.2) is 44.7 Å². The average molecular weight is 238 g/mol. The summed E-state index contributed by atoms with van der Waals surface area (Å²) in [5, 5.41) is 19.0. The number of carbonyl (C=O) groups excluding carboxylic acids is 1. The molecule has 0 spiro atoms. The minimum atomic E-state index is -0.876. The Hall–Kier alpha value is -1.82. The molecule has 92 valence electrons. The predicted molar refractivity (Wildman–Crippen MR) is 59.9 cm³/mol. The van der Waals surface area contributed by atoms with Crippen molar-refractivity contribution in [2.45, 2.75) is 18.9 Å². The lowest BCUT2D eigenvalue weighted by atomic mass is 10.1. The highest BCUT2D eigenvalue weighted by Crippen LogP contribution is 2.22. The molecule has 0 saturated carbocycles. The molecule has 1 saturated heterocycles. The summed E-state index contributed by atoms with van der Waals surface area (Å²) < 4.78 is 0. The molecule has 17 heavy (non-hydrogen) atoms. The fourth-order valence-corrected chi connectivity index (χ4v) is 1.95. The van der Waals surface area contributed by atoms with Gasteiger partial charge in [-0.15, -0.1) is 0 Å². The summed E-state index contributed by atoms with van der Waals surface area (Å²) in [5.74, 6) is -0.698. The van der Waals surface area contributed by atoms with Crippen molar-refractivity contribution in [2.75, 3.05) is 13.1 Å². The lowest BCUT2D eigenvalue weighted by Crippen LogP contribution is -2.34. The van der Waals surface area contributed by atoms with Crippen LogP contribution in [0.3, 0.4) is 0 Å². The van der Waals surface area contributed by atoms with E-state index in [9.17, 15) is 19.8 Å². The Morgan fingerprint density at radius 1 is 1.53 bits per heavy atom. The van der Waals surface area contributed by atoms with Gasteiger partial charge in [0, 0.05) is 25.2 Å². The molecular weight excluding hydrogens is 224 g/mol. The van der Waals surface area contributed by atoms with Gasteiger partial charge in [-0.3, -0.25) is 14.6 Å². The van der Waals surface area contributed by atoms with Gasteiger partial charge in [-0.1, -0.05) is 0 Å². The van der Waals surface area contributed by atoms with Crippen molar-refractivity contribution in [3.63, 3.8) is 0 Å². The van der Waals surface area contributed by atoms with Crippen molar-refractivity contribution in [3.05, 3.63) is 28.0 Å². The number of hydrogen-bond donors (Lipinski definition) is 3. The molecule has 3 N–H and O–H groups in total. The van der Waals surface area contributed by atoms with Crippen LogP contribution in [-0.2, 0) is 0 Å². The molecule has 6 heteroatoms. The number of aromatic amines is 1. The van der Waals surface area contributed by atoms with Crippen LogP contribution in [0.5, 0.6) is 5.88 Å². The zero-order chi connectivity index (χ0) is 12.6. The van der Waals surface area contributed by atoms with Crippen LogP contribution >= 0.6 is 0 Å². The average Bonchev–Trinajstić information content (AvgIpc) is 2.56. The highest BCUT2D eigenvalue weighted by Gasteiger charge is 2.34. The van der Waals surface area contributed by atoms with E-state index in [4.69, 9.17) is 0 Å². The minimum Gasteiger partial charge on any atom is -0.494 e. The first-order valence-electron chi connectivity index (χ1n) is 5.32. The highest BCUT2D eigenvalue weighted by molar-refractivity contribution is 5.94. The van der Waals surface area contributed by atoms with E-state index < -0.39 is 11.2 Å². The highest BCUT2D eigenvalue weighted by atomic mass is 16.3. The molecular formula is C11H14N2O4. The van der Waals surface area contributed by atoms with Crippen molar-refractivity contribution in [3.8, 4) is 5.88 Å². The number of aliphatic hydroxyl groups is 1. The van der Waals surface area contributed by atoms with Gasteiger partial charge >= 0.3 is 0 Å². The van der Waals surface area contributed by atoms with Crippen molar-refractivity contribution in [1.29, 1.82) is 0 Å². The van der Waals surface area contributed by atoms with Gasteiger partial charge in [-0.2, -0.15) is 0 Å². The maximum atomic E-state index is 12.0. The van der Waals surface area contributed by atoms with Gasteiger partial charge in [0.25, 0.3) is 11.5 Å². The fraction of sp³-hybridized carbons (Fsp3) is 0.455. The quantitative estimate of drug-likeness (QED) is 0.625. The van der Waals surface area contributed by atoms with Gasteiger partial charge in [-0.05, 0) is 13.3 Å². The molecule has 1 atom stereocenters. The molecule has 6 nitrogen and oxygen atoms in total. The molecule has 2 rings (SSSR count). The number of nitrogens with zero attached hydrogens (tertiary/aromatic N) is 1. The Morgan fingerprint density at radius 2 is 2.24 bits per heavy atom. The lowest BCUT2D eigenvalue weighted by Gasteiger charge is -2.18. The Bertz CT molecular complexity index is 506. The number of H-pyrrole nitrogens is 1. The molecule has 2 heterocycles. The number of aromatic nitrogens is 1. The van der Waals surface area contributed by atoms with Crippen molar-refractivity contribution >= 4 is 5.91 Å². The third kappa shape index (κ3) is 2.47. The van der Waals surface area contributed by atoms with Crippen LogP contribution in [0.15, 0.2) is 16.9 Å². The third-order valence-electron chi connectivity index (χ3n) is 2.82. The van der Waals surface area contributed by atoms with Crippen LogP contribution in [0.25, 0.3) is 0 Å². The van der Waals surface area contributed by atoms with E-state index in [1.54, 1.807) is 6.92 Å². The van der Waals surface area contributed by atoms with Crippen LogP contribution < -0.4 is 5.56 Å². The van der Waals surface area contributed by atoms with Crippen molar-refractivity contribution in [1.82, 2.24) is 9.88 Å². The second kappa shape index (κ2) is 3.89. The number of hydrogen-bond acceptors (Lipinski definition) is 4. The van der Waals surface area contributed by atoms with E-state index in [0.717, 1.165) is 6.07 Å². The van der Waals surface area contributed by atoms with Gasteiger partial charge in [0.05, 0.1) is 11.2 Å². The molecule has 1 aromatic rings. The topological polar surface area (TPSA) is 93.6 Å². The van der Waals surface area contributed by atoms with Crippen LogP contribution in [0.1, 0.15) is 23.7 Å². The van der Waals surface area contributed by atoms with E-state index in [1.165, 1.54) is 11.0 Å². The lowest BCUT2D eigenvalue weighted by molar-refractivity contribution is 0.0572. The SMILES string of the molecule is CC1(O)CCN(C(=O)c2cc(O)[nH]c(=O)c2)C1. The first kappa shape index (κ1) is 11.7. The summed E-state index contributed by atoms with van der Waals surface area (Å²) in [6.45, 7) is 2.34. The Morgan fingerprint density at radius 3 is 2.76 bits per heavy atom. The molecule has 1 aliphatic rings. The number of nitrogens with one attached hydrogen (secondary N) is 1. The van der Waals surface area contributed by atoms with Crippen molar-refractivity contribution < 1.29 is 15.0 Å². The Kier molecular flexibility index (Phi) is 2.66. The smallest absolute Gasteiger partial charge is 0.254 e. The summed E-state index contributed by atoms with van der Waals surface area (Å²) in [6, 6.07) is 2.34. The molecule has 0 aliphatic carbocycles. The number of rotatable bonds is 1. The minimum absolute atomic E-state index is 0.129. The molecule has 1 amide bonds. The number of carbonyl (C=O) groups is 1. The number of β-amino-alcohol motifs (C(OH)–C–C–N with tert-alkyl or cyclic N) is 1. The van der Waals surface area contributed by atoms with E-state index in [-0.39, 0.29) is 23.9 Å². The Labute approximate surface area is 97.5 Å². The number of amides is 1. The second-order valence-electron chi connectivity index (χ2n) is 4.59. The van der Waals surface area contributed by atoms with Crippen molar-refractivity contribution in [2.24, 2.45) is 0 Å². The van der Waals surface area contributed by atoms with Crippen LogP contribution in [0.2, 0.25) is 0 Å². The zero-order valence-electron chi connectivity index (χ0n) is 9.43. The monoisotopic (exact) mass is 238 g/mol. The summed E-state index contributed by atoms with van der Waals surface area (Å²) in [5.41, 5.74) is -1.28. The molecule has 0 radical (unpaired) electrons. The summed E-state index contributed by atoms with van der Waals surface area (Å²) >= 11 is 0. The summed E-state index contributed by atoms with van der Waals surface area (Å²) in [7, 11) is 0. The molecule has 1 aromatic heterocycles. The van der Waals surface area contributed by atoms with Gasteiger partial charge in [-0.25, -0.2) is 0 Å². The molecule has 0 bridgehead atoms. The van der Waals surface area contributed by atoms with Gasteiger partial charge in [0.1, 0.15) is 0 Å². The van der Waals surface area contributed by atoms with Crippen LogP contribution in [0, 0.1) is 0 Å². The maximum Gasteiger partial charge on any atom is 0.254 e. The largest absolute Gasteiger partial charge is 0.494 e. The van der Waals surface area contributed by atoms with E-state index >= 15 is 0 Å². The zero-order valence-corrected chi connectivity index (χ0v) is 9.43. The first-order valence-corrected chi connectivity index (χ1v) is 5.32. The predicted octanol–water partition coefficient (Wildman–Crippen LogP) is -0.323. The van der Waals surface area contributed by atoms with E-state index in [2.05, 4.69) is 4.98 Å². The van der Waals surface area contributed by atoms with Gasteiger partial charge in [0.2, 0.25) is 0 Å². The number of aromatic hydroxyl groups is 1. The van der Waals surface area contributed by atoms with Crippen LogP contribution in [0.4, 0.5) is 0 Å². The summed E-state index contributed by atoms with van der Waals surface area (Å²) in [4.78, 5) is 26.7. The number of pyridine rings is 1. The standard InChI is InChI=1S/C11H14N2O4/c1-11(17)2-3-13(6-11)10(16)7-4-8(14)12-9(15)5-7/h4-5,17H,2-3,6H2,1H3,(H2,12,14,15). The third-order valence-corrected chi connectivity index (χ3v) is 2.82. The molecule has 1 fully saturated rings. The van der Waals surface area contributed by atoms with Gasteiger partial charge < -0.3 is 15.1 Å². The second-order valence-corrected chi connectivity index (χ2v) is 4.59.